The van der Waals surface area contributed by atoms with Crippen LogP contribution < -0.4 is 4.90 Å². The number of piperidine rings is 1. The van der Waals surface area contributed by atoms with Crippen molar-refractivity contribution in [1.29, 1.82) is 0 Å². The number of esters is 1. The average molecular weight is 391 g/mol. The van der Waals surface area contributed by atoms with Gasteiger partial charge in [0.15, 0.2) is 6.54 Å². The van der Waals surface area contributed by atoms with Crippen LogP contribution in [0.4, 0.5) is 0 Å². The number of aromatic nitrogens is 1. The number of carbonyl (C=O) groups excluding carboxylic acids is 2. The Morgan fingerprint density at radius 3 is 2.70 bits per heavy atom. The van der Waals surface area contributed by atoms with Gasteiger partial charge in [-0.25, -0.2) is 4.98 Å². The quantitative estimate of drug-likeness (QED) is 0.762. The van der Waals surface area contributed by atoms with E-state index in [9.17, 15) is 9.59 Å². The standard InChI is InChI=1S/C20H27N3O3S/c1-4-26-20(25)15-9-11-23(12-10-15)13-18(24)22(3)14(2)19-21-16-7-5-6-8-17(16)27-19/h5-8,14-15H,4,9-13H2,1-3H3/p+1/t14-/m1/s1. The highest BCUT2D eigenvalue weighted by Crippen LogP contribution is 2.28. The van der Waals surface area contributed by atoms with E-state index >= 15 is 0 Å². The van der Waals surface area contributed by atoms with Crippen molar-refractivity contribution in [2.45, 2.75) is 32.7 Å². The first-order valence-corrected chi connectivity index (χ1v) is 10.4. The minimum Gasteiger partial charge on any atom is -0.466 e. The smallest absolute Gasteiger partial charge is 0.309 e. The molecule has 3 rings (SSSR count). The minimum absolute atomic E-state index is 0.0109. The Kier molecular flexibility index (Phi) is 6.44. The van der Waals surface area contributed by atoms with E-state index in [2.05, 4.69) is 11.1 Å². The van der Waals surface area contributed by atoms with Crippen molar-refractivity contribution >= 4 is 33.4 Å². The Morgan fingerprint density at radius 1 is 1.33 bits per heavy atom. The van der Waals surface area contributed by atoms with Crippen molar-refractivity contribution < 1.29 is 19.2 Å². The van der Waals surface area contributed by atoms with Crippen LogP contribution in [-0.2, 0) is 14.3 Å². The van der Waals surface area contributed by atoms with E-state index in [-0.39, 0.29) is 23.8 Å². The summed E-state index contributed by atoms with van der Waals surface area (Å²) in [6, 6.07) is 8.00. The predicted octanol–water partition coefficient (Wildman–Crippen LogP) is 1.67. The molecular formula is C20H28N3O3S+. The lowest BCUT2D eigenvalue weighted by atomic mass is 9.97. The molecule has 7 heteroatoms. The Hall–Kier alpha value is -1.99. The van der Waals surface area contributed by atoms with Crippen molar-refractivity contribution in [3.63, 3.8) is 0 Å². The Balaban J connectivity index is 1.54. The van der Waals surface area contributed by atoms with Crippen LogP contribution in [0.3, 0.4) is 0 Å². The molecule has 0 bridgehead atoms. The second-order valence-electron chi connectivity index (χ2n) is 7.15. The monoisotopic (exact) mass is 390 g/mol. The molecule has 6 nitrogen and oxygen atoms in total. The van der Waals surface area contributed by atoms with Crippen molar-refractivity contribution in [1.82, 2.24) is 9.88 Å². The lowest BCUT2D eigenvalue weighted by Gasteiger charge is -2.30. The zero-order valence-corrected chi connectivity index (χ0v) is 17.1. The highest BCUT2D eigenvalue weighted by atomic mass is 32.1. The zero-order chi connectivity index (χ0) is 19.4. The number of rotatable bonds is 6. The lowest BCUT2D eigenvalue weighted by molar-refractivity contribution is -0.898. The third-order valence-electron chi connectivity index (χ3n) is 5.36. The van der Waals surface area contributed by atoms with Crippen molar-refractivity contribution in [2.75, 3.05) is 33.3 Å². The molecule has 0 spiro atoms. The van der Waals surface area contributed by atoms with Gasteiger partial charge in [0.2, 0.25) is 0 Å². The number of nitrogens with zero attached hydrogens (tertiary/aromatic N) is 2. The fraction of sp³-hybridized carbons (Fsp3) is 0.550. The molecule has 1 aliphatic heterocycles. The first-order valence-electron chi connectivity index (χ1n) is 9.61. The Labute approximate surface area is 164 Å². The average Bonchev–Trinajstić information content (AvgIpc) is 3.11. The number of carbonyl (C=O) groups is 2. The molecule has 1 aliphatic rings. The number of thiazole rings is 1. The fourth-order valence-electron chi connectivity index (χ4n) is 3.49. The molecule has 0 saturated carbocycles. The number of amides is 1. The molecule has 1 saturated heterocycles. The van der Waals surface area contributed by atoms with Crippen LogP contribution in [0.1, 0.15) is 37.7 Å². The number of fused-ring (bicyclic) bond motifs is 1. The van der Waals surface area contributed by atoms with Gasteiger partial charge in [-0.1, -0.05) is 12.1 Å². The van der Waals surface area contributed by atoms with Gasteiger partial charge in [0.25, 0.3) is 5.91 Å². The molecule has 0 radical (unpaired) electrons. The van der Waals surface area contributed by atoms with Crippen molar-refractivity contribution in [3.8, 4) is 0 Å². The molecule has 0 unspecified atom stereocenters. The molecule has 146 valence electrons. The topological polar surface area (TPSA) is 63.9 Å². The van der Waals surface area contributed by atoms with Gasteiger partial charge in [0.1, 0.15) is 5.01 Å². The SMILES string of the molecule is CCOC(=O)C1CC[NH+](CC(=O)N(C)[C@H](C)c2nc3ccccc3s2)CC1. The number of quaternary nitrogens is 1. The minimum atomic E-state index is -0.0931. The van der Waals surface area contributed by atoms with Gasteiger partial charge in [-0.15, -0.1) is 11.3 Å². The summed E-state index contributed by atoms with van der Waals surface area (Å²) < 4.78 is 6.26. The zero-order valence-electron chi connectivity index (χ0n) is 16.2. The molecule has 1 atom stereocenters. The highest BCUT2D eigenvalue weighted by Gasteiger charge is 2.31. The number of likely N-dealkylation sites (N-methyl/N-ethyl adjacent to an activating group) is 1. The van der Waals surface area contributed by atoms with Crippen LogP contribution in [0.5, 0.6) is 0 Å². The van der Waals surface area contributed by atoms with Gasteiger partial charge in [0, 0.05) is 19.9 Å². The van der Waals surface area contributed by atoms with E-state index < -0.39 is 0 Å². The molecule has 0 aliphatic carbocycles. The van der Waals surface area contributed by atoms with E-state index in [1.807, 2.05) is 39.1 Å². The Morgan fingerprint density at radius 2 is 2.04 bits per heavy atom. The maximum Gasteiger partial charge on any atom is 0.309 e. The molecule has 2 heterocycles. The summed E-state index contributed by atoms with van der Waals surface area (Å²) in [5, 5.41) is 0.961. The van der Waals surface area contributed by atoms with Gasteiger partial charge >= 0.3 is 5.97 Å². The van der Waals surface area contributed by atoms with Crippen LogP contribution in [0.15, 0.2) is 24.3 Å². The Bertz CT molecular complexity index is 766. The third-order valence-corrected chi connectivity index (χ3v) is 6.56. The molecule has 1 amide bonds. The summed E-state index contributed by atoms with van der Waals surface area (Å²) >= 11 is 1.64. The predicted molar refractivity (Wildman–Crippen MR) is 106 cm³/mol. The van der Waals surface area contributed by atoms with Crippen molar-refractivity contribution in [3.05, 3.63) is 29.3 Å². The van der Waals surface area contributed by atoms with Crippen LogP contribution in [0.25, 0.3) is 10.2 Å². The molecule has 1 N–H and O–H groups in total. The number of likely N-dealkylation sites (tertiary alicyclic amines) is 1. The summed E-state index contributed by atoms with van der Waals surface area (Å²) in [5.41, 5.74) is 0.983. The number of hydrogen-bond donors (Lipinski definition) is 1. The van der Waals surface area contributed by atoms with Crippen LogP contribution in [0, 0.1) is 5.92 Å². The van der Waals surface area contributed by atoms with Crippen LogP contribution in [-0.4, -0.2) is 55.0 Å². The summed E-state index contributed by atoms with van der Waals surface area (Å²) in [4.78, 5) is 32.3. The first kappa shape index (κ1) is 19.8. The van der Waals surface area contributed by atoms with Gasteiger partial charge in [-0.05, 0) is 26.0 Å². The summed E-state index contributed by atoms with van der Waals surface area (Å²) in [6.07, 6.45) is 1.58. The second-order valence-corrected chi connectivity index (χ2v) is 8.22. The molecule has 1 aromatic carbocycles. The highest BCUT2D eigenvalue weighted by molar-refractivity contribution is 7.18. The summed E-state index contributed by atoms with van der Waals surface area (Å²) in [6.45, 7) is 6.41. The second kappa shape index (κ2) is 8.80. The van der Waals surface area contributed by atoms with Gasteiger partial charge < -0.3 is 14.5 Å². The molecular weight excluding hydrogens is 362 g/mol. The third kappa shape index (κ3) is 4.65. The summed E-state index contributed by atoms with van der Waals surface area (Å²) in [5.74, 6) is 0.0130. The number of ether oxygens (including phenoxy) is 1. The first-order chi connectivity index (χ1) is 13.0. The van der Waals surface area contributed by atoms with Gasteiger partial charge in [0.05, 0.1) is 41.9 Å². The molecule has 1 fully saturated rings. The van der Waals surface area contributed by atoms with Crippen molar-refractivity contribution in [2.24, 2.45) is 5.92 Å². The largest absolute Gasteiger partial charge is 0.466 e. The molecule has 27 heavy (non-hydrogen) atoms. The number of benzene rings is 1. The van der Waals surface area contributed by atoms with Crippen LogP contribution >= 0.6 is 11.3 Å². The van der Waals surface area contributed by atoms with E-state index in [4.69, 9.17) is 4.74 Å². The maximum absolute atomic E-state index is 12.7. The molecule has 1 aromatic heterocycles. The molecule has 2 aromatic rings. The lowest BCUT2D eigenvalue weighted by Crippen LogP contribution is -3.14. The summed E-state index contributed by atoms with van der Waals surface area (Å²) in [7, 11) is 1.85. The van der Waals surface area contributed by atoms with E-state index in [0.717, 1.165) is 41.2 Å². The number of hydrogen-bond acceptors (Lipinski definition) is 5. The van der Waals surface area contributed by atoms with Gasteiger partial charge in [-0.2, -0.15) is 0 Å². The number of para-hydroxylation sites is 1. The fourth-order valence-corrected chi connectivity index (χ4v) is 4.55. The van der Waals surface area contributed by atoms with E-state index in [1.165, 1.54) is 4.90 Å². The number of nitrogens with one attached hydrogen (secondary N) is 1. The normalized spacial score (nSPS) is 21.0. The van der Waals surface area contributed by atoms with Crippen LogP contribution in [0.2, 0.25) is 0 Å². The van der Waals surface area contributed by atoms with E-state index in [1.54, 1.807) is 16.2 Å². The van der Waals surface area contributed by atoms with Gasteiger partial charge in [-0.3, -0.25) is 9.59 Å². The maximum atomic E-state index is 12.7. The van der Waals surface area contributed by atoms with E-state index in [0.29, 0.717) is 13.2 Å².